The molecule has 2 aromatic carbocycles. The SMILES string of the molecule is Nc1nc2c(-c3c(C(F)(F)F)cc4c(NC5CC6CC[C@@H]5N6)nc(OCC56CCCN5CCC6)nc4c3F)ccc(F)c2s1. The van der Waals surface area contributed by atoms with Crippen molar-refractivity contribution >= 4 is 43.4 Å². The molecule has 4 fully saturated rings. The van der Waals surface area contributed by atoms with Gasteiger partial charge >= 0.3 is 12.2 Å². The molecule has 2 aromatic heterocycles. The molecule has 2 unspecified atom stereocenters. The van der Waals surface area contributed by atoms with Gasteiger partial charge in [0, 0.05) is 34.6 Å². The normalized spacial score (nSPS) is 24.5. The van der Waals surface area contributed by atoms with Crippen LogP contribution in [0.2, 0.25) is 0 Å². The highest BCUT2D eigenvalue weighted by molar-refractivity contribution is 7.22. The molecule has 4 N–H and O–H groups in total. The number of alkyl halides is 3. The molecule has 0 amide bonds. The third kappa shape index (κ3) is 4.47. The number of anilines is 2. The fourth-order valence-electron chi connectivity index (χ4n) is 7.88. The molecule has 232 valence electrons. The zero-order chi connectivity index (χ0) is 30.4. The minimum absolute atomic E-state index is 0.0441. The first-order valence-corrected chi connectivity index (χ1v) is 15.8. The molecular formula is C30H30F5N7OS. The minimum atomic E-state index is -4.96. The van der Waals surface area contributed by atoms with Gasteiger partial charge in [-0.2, -0.15) is 23.1 Å². The molecule has 0 aliphatic carbocycles. The van der Waals surface area contributed by atoms with E-state index in [1.54, 1.807) is 0 Å². The van der Waals surface area contributed by atoms with Crippen LogP contribution in [0, 0.1) is 11.6 Å². The number of benzene rings is 2. The van der Waals surface area contributed by atoms with Crippen LogP contribution in [0.3, 0.4) is 0 Å². The topological polar surface area (TPSA) is 101 Å². The van der Waals surface area contributed by atoms with Gasteiger partial charge in [-0.25, -0.2) is 13.8 Å². The zero-order valence-electron chi connectivity index (χ0n) is 23.6. The first-order chi connectivity index (χ1) is 21.1. The van der Waals surface area contributed by atoms with Gasteiger partial charge in [-0.1, -0.05) is 11.3 Å². The van der Waals surface area contributed by atoms with Crippen LogP contribution >= 0.6 is 11.3 Å². The predicted molar refractivity (Wildman–Crippen MR) is 158 cm³/mol. The van der Waals surface area contributed by atoms with Crippen molar-refractivity contribution in [3.63, 3.8) is 0 Å². The Morgan fingerprint density at radius 3 is 2.59 bits per heavy atom. The second-order valence-corrected chi connectivity index (χ2v) is 13.5. The molecule has 0 radical (unpaired) electrons. The molecule has 0 spiro atoms. The Morgan fingerprint density at radius 1 is 1.09 bits per heavy atom. The van der Waals surface area contributed by atoms with E-state index in [1.165, 1.54) is 0 Å². The van der Waals surface area contributed by atoms with E-state index >= 15 is 4.39 Å². The van der Waals surface area contributed by atoms with Crippen molar-refractivity contribution < 1.29 is 26.7 Å². The van der Waals surface area contributed by atoms with Crippen molar-refractivity contribution in [2.24, 2.45) is 0 Å². The second kappa shape index (κ2) is 10.1. The lowest BCUT2D eigenvalue weighted by atomic mass is 9.94. The highest BCUT2D eigenvalue weighted by Crippen LogP contribution is 2.46. The van der Waals surface area contributed by atoms with E-state index < -0.39 is 28.9 Å². The summed E-state index contributed by atoms with van der Waals surface area (Å²) < 4.78 is 81.5. The fourth-order valence-corrected chi connectivity index (χ4v) is 8.64. The molecule has 8 rings (SSSR count). The van der Waals surface area contributed by atoms with Crippen molar-refractivity contribution in [2.75, 3.05) is 30.7 Å². The Kier molecular flexibility index (Phi) is 6.44. The molecule has 4 saturated heterocycles. The highest BCUT2D eigenvalue weighted by Gasteiger charge is 2.45. The Hall–Kier alpha value is -3.36. The van der Waals surface area contributed by atoms with Crippen molar-refractivity contribution in [2.45, 2.75) is 74.8 Å². The van der Waals surface area contributed by atoms with Crippen LogP contribution in [0.25, 0.3) is 32.2 Å². The number of nitrogens with one attached hydrogen (secondary N) is 2. The standard InChI is InChI=1S/C30H30F5N7OS/c31-18-5-4-15(24-25(18)44-27(36)39-24)21-17(30(33,34)35)12-16-23(22(21)32)40-28(43-13-29-7-1-9-42(29)10-2-8-29)41-26(16)38-20-11-14-3-6-19(20)37-14/h4-5,12,14,19-20,37H,1-3,6-11,13H2,(H2,36,39)(H,38,40,41)/t14?,19-,20?/m0/s1. The highest BCUT2D eigenvalue weighted by atomic mass is 32.1. The number of rotatable bonds is 6. The maximum Gasteiger partial charge on any atom is 0.417 e. The molecule has 8 nitrogen and oxygen atoms in total. The van der Waals surface area contributed by atoms with Gasteiger partial charge in [-0.05, 0) is 76.2 Å². The van der Waals surface area contributed by atoms with Gasteiger partial charge in [0.15, 0.2) is 10.9 Å². The van der Waals surface area contributed by atoms with Gasteiger partial charge in [0.25, 0.3) is 0 Å². The molecule has 2 bridgehead atoms. The summed E-state index contributed by atoms with van der Waals surface area (Å²) >= 11 is 0.787. The summed E-state index contributed by atoms with van der Waals surface area (Å²) in [5.74, 6) is -1.82. The van der Waals surface area contributed by atoms with Gasteiger partial charge in [0.2, 0.25) is 0 Å². The lowest BCUT2D eigenvalue weighted by Gasteiger charge is -2.31. The third-order valence-corrected chi connectivity index (χ3v) is 10.8. The molecule has 3 atom stereocenters. The summed E-state index contributed by atoms with van der Waals surface area (Å²) in [7, 11) is 0. The van der Waals surface area contributed by atoms with E-state index in [-0.39, 0.29) is 61.3 Å². The summed E-state index contributed by atoms with van der Waals surface area (Å²) in [4.78, 5) is 15.4. The van der Waals surface area contributed by atoms with Gasteiger partial charge < -0.3 is 21.1 Å². The number of ether oxygens (including phenoxy) is 1. The van der Waals surface area contributed by atoms with Crippen LogP contribution < -0.4 is 21.1 Å². The van der Waals surface area contributed by atoms with E-state index in [0.29, 0.717) is 12.6 Å². The van der Waals surface area contributed by atoms with Crippen LogP contribution in [0.15, 0.2) is 18.2 Å². The summed E-state index contributed by atoms with van der Waals surface area (Å²) in [5.41, 5.74) is 2.96. The van der Waals surface area contributed by atoms with Crippen molar-refractivity contribution in [3.8, 4) is 17.1 Å². The van der Waals surface area contributed by atoms with E-state index in [2.05, 4.69) is 30.5 Å². The average molecular weight is 632 g/mol. The first kappa shape index (κ1) is 28.1. The summed E-state index contributed by atoms with van der Waals surface area (Å²) in [5, 5.41) is 6.67. The second-order valence-electron chi connectivity index (χ2n) is 12.4. The molecule has 0 saturated carbocycles. The lowest BCUT2D eigenvalue weighted by Crippen LogP contribution is -2.43. The van der Waals surface area contributed by atoms with Gasteiger partial charge in [-0.15, -0.1) is 0 Å². The Bertz CT molecular complexity index is 1790. The molecule has 4 aliphatic heterocycles. The van der Waals surface area contributed by atoms with Gasteiger partial charge in [0.05, 0.1) is 21.3 Å². The molecule has 4 aromatic rings. The van der Waals surface area contributed by atoms with Crippen LogP contribution in [-0.4, -0.2) is 63.2 Å². The van der Waals surface area contributed by atoms with E-state index in [4.69, 9.17) is 10.5 Å². The molecular weight excluding hydrogens is 601 g/mol. The van der Waals surface area contributed by atoms with Crippen LogP contribution in [0.4, 0.5) is 32.9 Å². The number of aromatic nitrogens is 3. The van der Waals surface area contributed by atoms with Crippen molar-refractivity contribution in [1.29, 1.82) is 0 Å². The Labute approximate surface area is 253 Å². The fraction of sp³-hybridized carbons (Fsp3) is 0.500. The first-order valence-electron chi connectivity index (χ1n) is 15.0. The predicted octanol–water partition coefficient (Wildman–Crippen LogP) is 6.10. The average Bonchev–Trinajstić information content (AvgIpc) is 3.79. The number of nitrogens with two attached hydrogens (primary N) is 1. The largest absolute Gasteiger partial charge is 0.461 e. The maximum absolute atomic E-state index is 16.7. The van der Waals surface area contributed by atoms with E-state index in [0.717, 1.165) is 87.6 Å². The van der Waals surface area contributed by atoms with Crippen LogP contribution in [-0.2, 0) is 6.18 Å². The zero-order valence-corrected chi connectivity index (χ0v) is 24.4. The Balaban J connectivity index is 1.30. The molecule has 6 heterocycles. The number of fused-ring (bicyclic) bond motifs is 5. The van der Waals surface area contributed by atoms with Crippen LogP contribution in [0.1, 0.15) is 50.5 Å². The number of thiazole rings is 1. The summed E-state index contributed by atoms with van der Waals surface area (Å²) in [6.07, 6.45) is 1.81. The maximum atomic E-state index is 16.7. The quantitative estimate of drug-likeness (QED) is 0.220. The third-order valence-electron chi connectivity index (χ3n) is 9.90. The van der Waals surface area contributed by atoms with Gasteiger partial charge in [0.1, 0.15) is 23.8 Å². The number of nitrogen functional groups attached to an aromatic ring is 1. The molecule has 44 heavy (non-hydrogen) atoms. The number of halogens is 5. The van der Waals surface area contributed by atoms with E-state index in [1.807, 2.05) is 0 Å². The van der Waals surface area contributed by atoms with Gasteiger partial charge in [-0.3, -0.25) is 4.90 Å². The summed E-state index contributed by atoms with van der Waals surface area (Å²) in [6, 6.07) is 3.23. The van der Waals surface area contributed by atoms with Crippen molar-refractivity contribution in [1.82, 2.24) is 25.2 Å². The lowest BCUT2D eigenvalue weighted by molar-refractivity contribution is -0.137. The number of hydrogen-bond acceptors (Lipinski definition) is 9. The molecule has 4 aliphatic rings. The van der Waals surface area contributed by atoms with E-state index in [9.17, 15) is 17.6 Å². The summed E-state index contributed by atoms with van der Waals surface area (Å²) in [6.45, 7) is 2.27. The van der Waals surface area contributed by atoms with Crippen molar-refractivity contribution in [3.05, 3.63) is 35.4 Å². The minimum Gasteiger partial charge on any atom is -0.461 e. The Morgan fingerprint density at radius 2 is 1.89 bits per heavy atom. The molecule has 14 heteroatoms. The number of nitrogens with zero attached hydrogens (tertiary/aromatic N) is 4. The monoisotopic (exact) mass is 631 g/mol. The van der Waals surface area contributed by atoms with Crippen LogP contribution in [0.5, 0.6) is 6.01 Å². The number of hydrogen-bond donors (Lipinski definition) is 3. The smallest absolute Gasteiger partial charge is 0.417 e.